The van der Waals surface area contributed by atoms with Crippen LogP contribution in [0.1, 0.15) is 149 Å². The first-order valence-corrected chi connectivity index (χ1v) is 16.4. The van der Waals surface area contributed by atoms with E-state index in [0.29, 0.717) is 6.61 Å². The molecule has 0 bridgehead atoms. The molecule has 0 spiro atoms. The van der Waals surface area contributed by atoms with Gasteiger partial charge < -0.3 is 9.05 Å². The van der Waals surface area contributed by atoms with Crippen LogP contribution in [0.4, 0.5) is 0 Å². The zero-order valence-electron chi connectivity index (χ0n) is 28.5. The summed E-state index contributed by atoms with van der Waals surface area (Å²) in [5.41, 5.74) is 7.18. The highest BCUT2D eigenvalue weighted by atomic mass is 31.2. The Bertz CT molecular complexity index is 1040. The average molecular weight is 571 g/mol. The van der Waals surface area contributed by atoms with E-state index in [2.05, 4.69) is 128 Å². The van der Waals surface area contributed by atoms with Crippen LogP contribution in [0.15, 0.2) is 24.3 Å². The minimum absolute atomic E-state index is 0.0494. The number of rotatable bonds is 10. The zero-order valence-corrected chi connectivity index (χ0v) is 29.4. The third kappa shape index (κ3) is 9.49. The minimum atomic E-state index is -1.67. The minimum Gasteiger partial charge on any atom is -0.417 e. The molecule has 0 fully saturated rings. The van der Waals surface area contributed by atoms with Gasteiger partial charge in [0.05, 0.1) is 6.61 Å². The number of aryl methyl sites for hydroxylation is 2. The van der Waals surface area contributed by atoms with Gasteiger partial charge in [0.15, 0.2) is 0 Å². The van der Waals surface area contributed by atoms with Crippen LogP contribution in [0.5, 0.6) is 11.5 Å². The molecule has 3 nitrogen and oxygen atoms in total. The summed E-state index contributed by atoms with van der Waals surface area (Å²) in [6.07, 6.45) is 4.57. The Hall–Kier alpha value is -1.57. The van der Waals surface area contributed by atoms with Crippen LogP contribution in [-0.2, 0) is 26.2 Å². The van der Waals surface area contributed by atoms with E-state index in [1.807, 2.05) is 0 Å². The molecule has 0 N–H and O–H groups in total. The molecular weight excluding hydrogens is 511 g/mol. The Morgan fingerprint density at radius 2 is 0.950 bits per heavy atom. The molecule has 2 aromatic carbocycles. The first kappa shape index (κ1) is 34.6. The van der Waals surface area contributed by atoms with Gasteiger partial charge in [-0.25, -0.2) is 0 Å². The number of hydrogen-bond acceptors (Lipinski definition) is 3. The molecule has 0 aliphatic heterocycles. The summed E-state index contributed by atoms with van der Waals surface area (Å²) in [7, 11) is -1.67. The second kappa shape index (κ2) is 13.2. The lowest BCUT2D eigenvalue weighted by Crippen LogP contribution is -2.20. The summed E-state index contributed by atoms with van der Waals surface area (Å²) in [4.78, 5) is 0. The molecule has 0 saturated carbocycles. The third-order valence-corrected chi connectivity index (χ3v) is 8.48. The van der Waals surface area contributed by atoms with Gasteiger partial charge in [-0.1, -0.05) is 134 Å². The molecule has 0 aliphatic carbocycles. The molecule has 0 aromatic heterocycles. The Balaban J connectivity index is 2.62. The molecule has 0 radical (unpaired) electrons. The van der Waals surface area contributed by atoms with Gasteiger partial charge in [0, 0.05) is 11.1 Å². The maximum Gasteiger partial charge on any atom is 0.463 e. The molecular formula is C36H59O3P. The molecule has 0 atom stereocenters. The van der Waals surface area contributed by atoms with Crippen molar-refractivity contribution in [2.75, 3.05) is 6.61 Å². The fourth-order valence-electron chi connectivity index (χ4n) is 4.66. The van der Waals surface area contributed by atoms with Gasteiger partial charge >= 0.3 is 8.60 Å². The van der Waals surface area contributed by atoms with E-state index < -0.39 is 8.60 Å². The molecule has 0 unspecified atom stereocenters. The summed E-state index contributed by atoms with van der Waals surface area (Å²) in [6, 6.07) is 9.18. The Kier molecular flexibility index (Phi) is 11.4. The van der Waals surface area contributed by atoms with Crippen molar-refractivity contribution < 1.29 is 13.6 Å². The Morgan fingerprint density at radius 3 is 1.27 bits per heavy atom. The molecule has 2 rings (SSSR count). The lowest BCUT2D eigenvalue weighted by atomic mass is 9.79. The van der Waals surface area contributed by atoms with Crippen LogP contribution in [0, 0.1) is 13.8 Å². The van der Waals surface area contributed by atoms with Gasteiger partial charge in [0.2, 0.25) is 0 Å². The van der Waals surface area contributed by atoms with Gasteiger partial charge in [0.25, 0.3) is 0 Å². The van der Waals surface area contributed by atoms with E-state index in [4.69, 9.17) is 13.6 Å². The van der Waals surface area contributed by atoms with Crippen molar-refractivity contribution in [3.63, 3.8) is 0 Å². The zero-order chi connectivity index (χ0) is 30.7. The number of hydrogen-bond donors (Lipinski definition) is 0. The van der Waals surface area contributed by atoms with E-state index >= 15 is 0 Å². The lowest BCUT2D eigenvalue weighted by Gasteiger charge is -2.31. The standard InChI is InChI=1S/C36H59O3P/c1-16-17-18-19-20-37-40(38-31-25(2)21-27(33(4,5)6)23-29(31)35(10,11)12)39-32-26(3)22-28(34(7,8)9)24-30(32)36(13,14)15/h21-24H,16-20H2,1-15H3. The lowest BCUT2D eigenvalue weighted by molar-refractivity contribution is 0.255. The highest BCUT2D eigenvalue weighted by Gasteiger charge is 2.31. The second-order valence-corrected chi connectivity index (χ2v) is 16.7. The number of unbranched alkanes of at least 4 members (excludes halogenated alkanes) is 3. The summed E-state index contributed by atoms with van der Waals surface area (Å²) in [5.74, 6) is 1.78. The van der Waals surface area contributed by atoms with Crippen molar-refractivity contribution >= 4 is 8.60 Å². The van der Waals surface area contributed by atoms with Gasteiger partial charge in [-0.15, -0.1) is 0 Å². The molecule has 0 saturated heterocycles. The van der Waals surface area contributed by atoms with Gasteiger partial charge in [-0.3, -0.25) is 4.52 Å². The quantitative estimate of drug-likeness (QED) is 0.210. The predicted octanol–water partition coefficient (Wildman–Crippen LogP) is 11.8. The Morgan fingerprint density at radius 1 is 0.550 bits per heavy atom. The topological polar surface area (TPSA) is 27.7 Å². The summed E-state index contributed by atoms with van der Waals surface area (Å²) >= 11 is 0. The van der Waals surface area contributed by atoms with Gasteiger partial charge in [-0.2, -0.15) is 0 Å². The summed E-state index contributed by atoms with van der Waals surface area (Å²) in [5, 5.41) is 0. The summed E-state index contributed by atoms with van der Waals surface area (Å²) in [6.45, 7) is 34.3. The molecule has 40 heavy (non-hydrogen) atoms. The maximum atomic E-state index is 6.82. The first-order chi connectivity index (χ1) is 18.2. The fraction of sp³-hybridized carbons (Fsp3) is 0.667. The van der Waals surface area contributed by atoms with Crippen molar-refractivity contribution in [3.05, 3.63) is 57.6 Å². The van der Waals surface area contributed by atoms with Crippen LogP contribution < -0.4 is 9.05 Å². The normalized spacial score (nSPS) is 13.2. The van der Waals surface area contributed by atoms with E-state index in [1.165, 1.54) is 35.1 Å². The maximum absolute atomic E-state index is 6.82. The summed E-state index contributed by atoms with van der Waals surface area (Å²) < 4.78 is 20.1. The van der Waals surface area contributed by atoms with Crippen LogP contribution in [0.3, 0.4) is 0 Å². The SMILES string of the molecule is CCCCCCOP(Oc1c(C)cc(C(C)(C)C)cc1C(C)(C)C)Oc1c(C)cc(C(C)(C)C)cc1C(C)(C)C. The van der Waals surface area contributed by atoms with Crippen LogP contribution in [0.2, 0.25) is 0 Å². The smallest absolute Gasteiger partial charge is 0.417 e. The van der Waals surface area contributed by atoms with Crippen LogP contribution in [0.25, 0.3) is 0 Å². The Labute approximate surface area is 248 Å². The average Bonchev–Trinajstić information content (AvgIpc) is 2.78. The molecule has 226 valence electrons. The fourth-order valence-corrected chi connectivity index (χ4v) is 5.86. The highest BCUT2D eigenvalue weighted by molar-refractivity contribution is 7.42. The second-order valence-electron chi connectivity index (χ2n) is 15.6. The van der Waals surface area contributed by atoms with Gasteiger partial charge in [0.1, 0.15) is 11.5 Å². The first-order valence-electron chi connectivity index (χ1n) is 15.3. The van der Waals surface area contributed by atoms with E-state index in [9.17, 15) is 0 Å². The number of benzene rings is 2. The van der Waals surface area contributed by atoms with E-state index in [-0.39, 0.29) is 21.7 Å². The molecule has 0 amide bonds. The predicted molar refractivity (Wildman–Crippen MR) is 175 cm³/mol. The highest BCUT2D eigenvalue weighted by Crippen LogP contribution is 2.50. The van der Waals surface area contributed by atoms with E-state index in [1.54, 1.807) is 0 Å². The van der Waals surface area contributed by atoms with Gasteiger partial charge in [-0.05, 0) is 64.2 Å². The molecule has 2 aromatic rings. The van der Waals surface area contributed by atoms with Crippen LogP contribution >= 0.6 is 8.60 Å². The van der Waals surface area contributed by atoms with Crippen LogP contribution in [-0.4, -0.2) is 6.61 Å². The van der Waals surface area contributed by atoms with Crippen molar-refractivity contribution in [3.8, 4) is 11.5 Å². The largest absolute Gasteiger partial charge is 0.463 e. The third-order valence-electron chi connectivity index (χ3n) is 7.42. The molecule has 0 heterocycles. The molecule has 0 aliphatic rings. The monoisotopic (exact) mass is 570 g/mol. The van der Waals surface area contributed by atoms with Crippen molar-refractivity contribution in [2.45, 2.75) is 151 Å². The molecule has 4 heteroatoms. The van der Waals surface area contributed by atoms with E-state index in [0.717, 1.165) is 35.5 Å². The van der Waals surface area contributed by atoms with Crippen molar-refractivity contribution in [1.82, 2.24) is 0 Å². The van der Waals surface area contributed by atoms with Crippen molar-refractivity contribution in [2.24, 2.45) is 0 Å². The van der Waals surface area contributed by atoms with Crippen molar-refractivity contribution in [1.29, 1.82) is 0 Å².